The number of benzene rings is 2. The van der Waals surface area contributed by atoms with Crippen molar-refractivity contribution in [3.05, 3.63) is 58.3 Å². The van der Waals surface area contributed by atoms with E-state index in [0.29, 0.717) is 11.4 Å². The molecule has 0 fully saturated rings. The third-order valence-corrected chi connectivity index (χ3v) is 5.65. The minimum atomic E-state index is -3.63. The van der Waals surface area contributed by atoms with Gasteiger partial charge in [0.05, 0.1) is 18.5 Å². The van der Waals surface area contributed by atoms with Crippen molar-refractivity contribution in [3.63, 3.8) is 0 Å². The predicted octanol–water partition coefficient (Wildman–Crippen LogP) is 2.86. The smallest absolute Gasteiger partial charge is 0.240 e. The Morgan fingerprint density at radius 2 is 1.89 bits per heavy atom. The van der Waals surface area contributed by atoms with Gasteiger partial charge in [-0.1, -0.05) is 15.9 Å². The Morgan fingerprint density at radius 3 is 2.48 bits per heavy atom. The number of amides is 1. The number of carbonyl (C=O) groups excluding carboxylic acids is 1. The van der Waals surface area contributed by atoms with Crippen LogP contribution in [0.1, 0.15) is 5.56 Å². The quantitative estimate of drug-likeness (QED) is 0.617. The first kappa shape index (κ1) is 21.2. The summed E-state index contributed by atoms with van der Waals surface area (Å²) in [7, 11) is -3.63. The molecule has 0 spiro atoms. The van der Waals surface area contributed by atoms with Crippen LogP contribution in [-0.4, -0.2) is 40.3 Å². The van der Waals surface area contributed by atoms with Gasteiger partial charge in [-0.05, 0) is 55.0 Å². The van der Waals surface area contributed by atoms with E-state index in [1.54, 1.807) is 18.2 Å². The first-order valence-electron chi connectivity index (χ1n) is 8.06. The number of carbonyl (C=O) groups is 1. The van der Waals surface area contributed by atoms with Crippen molar-refractivity contribution in [1.29, 1.82) is 0 Å². The van der Waals surface area contributed by atoms with E-state index in [2.05, 4.69) is 21.2 Å². The summed E-state index contributed by atoms with van der Waals surface area (Å²) in [4.78, 5) is 12.1. The molecule has 2 aromatic carbocycles. The number of ether oxygens (including phenoxy) is 1. The largest absolute Gasteiger partial charge is 0.492 e. The normalized spacial score (nSPS) is 11.1. The van der Waals surface area contributed by atoms with Crippen LogP contribution >= 0.6 is 15.9 Å². The van der Waals surface area contributed by atoms with Crippen molar-refractivity contribution in [1.82, 2.24) is 5.32 Å². The van der Waals surface area contributed by atoms with Crippen LogP contribution in [0.5, 0.6) is 5.75 Å². The third kappa shape index (κ3) is 6.51. The summed E-state index contributed by atoms with van der Waals surface area (Å²) in [5.41, 5.74) is 1.27. The number of halogens is 2. The van der Waals surface area contributed by atoms with Crippen molar-refractivity contribution in [3.8, 4) is 5.75 Å². The highest BCUT2D eigenvalue weighted by Gasteiger charge is 2.21. The van der Waals surface area contributed by atoms with Crippen LogP contribution in [0.3, 0.4) is 0 Å². The summed E-state index contributed by atoms with van der Waals surface area (Å²) in [6, 6.07) is 10.6. The lowest BCUT2D eigenvalue weighted by Crippen LogP contribution is -2.41. The standard InChI is InChI=1S/C18H20BrFN2O4S/c1-13-11-15(5-8-17(13)19)22(27(2,24)25)12-18(23)21-9-10-26-16-6-3-14(20)4-7-16/h3-8,11H,9-10,12H2,1-2H3,(H,21,23). The fourth-order valence-electron chi connectivity index (χ4n) is 2.26. The van der Waals surface area contributed by atoms with E-state index >= 15 is 0 Å². The summed E-state index contributed by atoms with van der Waals surface area (Å²) < 4.78 is 44.3. The van der Waals surface area contributed by atoms with Crippen LogP contribution in [0.15, 0.2) is 46.9 Å². The molecule has 1 N–H and O–H groups in total. The van der Waals surface area contributed by atoms with E-state index in [-0.39, 0.29) is 25.5 Å². The lowest BCUT2D eigenvalue weighted by molar-refractivity contribution is -0.119. The average Bonchev–Trinajstić information content (AvgIpc) is 2.60. The summed E-state index contributed by atoms with van der Waals surface area (Å²) in [6.07, 6.45) is 1.05. The summed E-state index contributed by atoms with van der Waals surface area (Å²) in [6.45, 7) is 1.86. The Balaban J connectivity index is 1.92. The average molecular weight is 459 g/mol. The molecule has 0 heterocycles. The second-order valence-electron chi connectivity index (χ2n) is 5.86. The lowest BCUT2D eigenvalue weighted by atomic mass is 10.2. The lowest BCUT2D eigenvalue weighted by Gasteiger charge is -2.22. The van der Waals surface area contributed by atoms with Crippen LogP contribution in [-0.2, 0) is 14.8 Å². The fraction of sp³-hybridized carbons (Fsp3) is 0.278. The Hall–Kier alpha value is -2.13. The minimum absolute atomic E-state index is 0.174. The Kier molecular flexibility index (Phi) is 7.20. The van der Waals surface area contributed by atoms with Gasteiger partial charge >= 0.3 is 0 Å². The monoisotopic (exact) mass is 458 g/mol. The van der Waals surface area contributed by atoms with E-state index in [0.717, 1.165) is 20.6 Å². The molecule has 146 valence electrons. The SMILES string of the molecule is Cc1cc(N(CC(=O)NCCOc2ccc(F)cc2)S(C)(=O)=O)ccc1Br. The number of hydrogen-bond acceptors (Lipinski definition) is 4. The molecule has 0 saturated carbocycles. The zero-order valence-corrected chi connectivity index (χ0v) is 17.3. The Labute approximate surface area is 166 Å². The molecule has 27 heavy (non-hydrogen) atoms. The van der Waals surface area contributed by atoms with Gasteiger partial charge in [0.25, 0.3) is 0 Å². The second-order valence-corrected chi connectivity index (χ2v) is 8.62. The summed E-state index contributed by atoms with van der Waals surface area (Å²) >= 11 is 3.36. The zero-order valence-electron chi connectivity index (χ0n) is 14.9. The van der Waals surface area contributed by atoms with Crippen molar-refractivity contribution >= 4 is 37.5 Å². The fourth-order valence-corrected chi connectivity index (χ4v) is 3.36. The van der Waals surface area contributed by atoms with Crippen molar-refractivity contribution in [2.45, 2.75) is 6.92 Å². The Bertz CT molecular complexity index is 904. The number of sulfonamides is 1. The topological polar surface area (TPSA) is 75.7 Å². The van der Waals surface area contributed by atoms with E-state index in [9.17, 15) is 17.6 Å². The number of nitrogens with zero attached hydrogens (tertiary/aromatic N) is 1. The van der Waals surface area contributed by atoms with Crippen LogP contribution < -0.4 is 14.4 Å². The van der Waals surface area contributed by atoms with Gasteiger partial charge in [0, 0.05) is 4.47 Å². The highest BCUT2D eigenvalue weighted by atomic mass is 79.9. The second kappa shape index (κ2) is 9.18. The van der Waals surface area contributed by atoms with Crippen LogP contribution in [0.25, 0.3) is 0 Å². The molecule has 0 atom stereocenters. The van der Waals surface area contributed by atoms with E-state index < -0.39 is 15.9 Å². The molecule has 0 unspecified atom stereocenters. The molecular weight excluding hydrogens is 439 g/mol. The predicted molar refractivity (Wildman–Crippen MR) is 106 cm³/mol. The molecule has 0 saturated heterocycles. The molecule has 0 aliphatic rings. The van der Waals surface area contributed by atoms with E-state index in [1.807, 2.05) is 6.92 Å². The molecule has 0 aromatic heterocycles. The first-order chi connectivity index (χ1) is 12.7. The number of rotatable bonds is 8. The van der Waals surface area contributed by atoms with Gasteiger partial charge in [0.2, 0.25) is 15.9 Å². The molecule has 0 radical (unpaired) electrons. The molecule has 2 aromatic rings. The summed E-state index contributed by atoms with van der Waals surface area (Å²) in [5.74, 6) is -0.336. The molecule has 0 aliphatic carbocycles. The van der Waals surface area contributed by atoms with Gasteiger partial charge in [-0.15, -0.1) is 0 Å². The molecule has 9 heteroatoms. The van der Waals surface area contributed by atoms with Gasteiger partial charge in [0.1, 0.15) is 24.7 Å². The zero-order chi connectivity index (χ0) is 20.0. The van der Waals surface area contributed by atoms with Crippen molar-refractivity contribution in [2.75, 3.05) is 30.3 Å². The summed E-state index contributed by atoms with van der Waals surface area (Å²) in [5, 5.41) is 2.61. The number of hydrogen-bond donors (Lipinski definition) is 1. The van der Waals surface area contributed by atoms with Gasteiger partial charge < -0.3 is 10.1 Å². The minimum Gasteiger partial charge on any atom is -0.492 e. The maximum atomic E-state index is 12.8. The highest BCUT2D eigenvalue weighted by molar-refractivity contribution is 9.10. The number of anilines is 1. The first-order valence-corrected chi connectivity index (χ1v) is 10.7. The van der Waals surface area contributed by atoms with Crippen LogP contribution in [0.2, 0.25) is 0 Å². The van der Waals surface area contributed by atoms with Gasteiger partial charge in [-0.3, -0.25) is 9.10 Å². The maximum Gasteiger partial charge on any atom is 0.240 e. The molecular formula is C18H20BrFN2O4S. The molecule has 0 aliphatic heterocycles. The third-order valence-electron chi connectivity index (χ3n) is 3.62. The molecule has 2 rings (SSSR count). The van der Waals surface area contributed by atoms with Crippen LogP contribution in [0.4, 0.5) is 10.1 Å². The van der Waals surface area contributed by atoms with E-state index in [1.165, 1.54) is 24.3 Å². The van der Waals surface area contributed by atoms with Gasteiger partial charge in [-0.2, -0.15) is 0 Å². The molecule has 0 bridgehead atoms. The van der Waals surface area contributed by atoms with Crippen LogP contribution in [0, 0.1) is 12.7 Å². The Morgan fingerprint density at radius 1 is 1.22 bits per heavy atom. The van der Waals surface area contributed by atoms with Crippen molar-refractivity contribution < 1.29 is 22.3 Å². The number of nitrogens with one attached hydrogen (secondary N) is 1. The molecule has 1 amide bonds. The van der Waals surface area contributed by atoms with Gasteiger partial charge in [0.15, 0.2) is 0 Å². The van der Waals surface area contributed by atoms with Gasteiger partial charge in [-0.25, -0.2) is 12.8 Å². The van der Waals surface area contributed by atoms with Crippen molar-refractivity contribution in [2.24, 2.45) is 0 Å². The molecule has 6 nitrogen and oxygen atoms in total. The highest BCUT2D eigenvalue weighted by Crippen LogP contribution is 2.24. The number of aryl methyl sites for hydroxylation is 1. The maximum absolute atomic E-state index is 12.8. The van der Waals surface area contributed by atoms with E-state index in [4.69, 9.17) is 4.74 Å².